The molecule has 2 rings (SSSR count). The highest BCUT2D eigenvalue weighted by molar-refractivity contribution is 5.32. The molecule has 1 atom stereocenters. The zero-order chi connectivity index (χ0) is 10.8. The van der Waals surface area contributed by atoms with E-state index in [-0.39, 0.29) is 12.4 Å². The van der Waals surface area contributed by atoms with Crippen molar-refractivity contribution in [3.63, 3.8) is 0 Å². The lowest BCUT2D eigenvalue weighted by atomic mass is 10.2. The topological polar surface area (TPSA) is 29.5 Å². The number of halogens is 1. The Labute approximate surface area is 88.7 Å². The van der Waals surface area contributed by atoms with Gasteiger partial charge < -0.3 is 9.84 Å². The predicted molar refractivity (Wildman–Crippen MR) is 55.4 cm³/mol. The Bertz CT molecular complexity index is 347. The van der Waals surface area contributed by atoms with Crippen molar-refractivity contribution in [3.8, 4) is 5.75 Å². The van der Waals surface area contributed by atoms with Gasteiger partial charge >= 0.3 is 0 Å². The fraction of sp³-hybridized carbons (Fsp3) is 0.500. The van der Waals surface area contributed by atoms with Crippen molar-refractivity contribution in [1.82, 2.24) is 0 Å². The fourth-order valence-corrected chi connectivity index (χ4v) is 1.52. The van der Waals surface area contributed by atoms with Crippen LogP contribution in [-0.2, 0) is 0 Å². The molecule has 1 aliphatic carbocycles. The third-order valence-corrected chi connectivity index (χ3v) is 2.73. The van der Waals surface area contributed by atoms with Crippen LogP contribution in [0.15, 0.2) is 18.2 Å². The van der Waals surface area contributed by atoms with Crippen LogP contribution < -0.4 is 4.74 Å². The number of benzene rings is 1. The summed E-state index contributed by atoms with van der Waals surface area (Å²) >= 11 is 0. The van der Waals surface area contributed by atoms with Gasteiger partial charge in [-0.2, -0.15) is 0 Å². The summed E-state index contributed by atoms with van der Waals surface area (Å²) in [5.74, 6) is 0.602. The second-order valence-corrected chi connectivity index (χ2v) is 4.13. The number of aliphatic hydroxyl groups excluding tert-OH is 1. The maximum Gasteiger partial charge on any atom is 0.126 e. The molecule has 1 aromatic carbocycles. The molecule has 1 aliphatic rings. The fourth-order valence-electron chi connectivity index (χ4n) is 1.52. The molecule has 0 aromatic heterocycles. The summed E-state index contributed by atoms with van der Waals surface area (Å²) in [5.41, 5.74) is 0.888. The summed E-state index contributed by atoms with van der Waals surface area (Å²) in [6, 6.07) is 4.43. The van der Waals surface area contributed by atoms with E-state index in [1.54, 1.807) is 6.07 Å². The zero-order valence-corrected chi connectivity index (χ0v) is 8.74. The quantitative estimate of drug-likeness (QED) is 0.826. The van der Waals surface area contributed by atoms with Crippen molar-refractivity contribution in [3.05, 3.63) is 29.6 Å². The third kappa shape index (κ3) is 2.69. The second-order valence-electron chi connectivity index (χ2n) is 4.13. The molecule has 15 heavy (non-hydrogen) atoms. The highest BCUT2D eigenvalue weighted by Gasteiger charge is 2.30. The molecule has 1 unspecified atom stereocenters. The van der Waals surface area contributed by atoms with Crippen LogP contribution in [0.25, 0.3) is 0 Å². The molecule has 1 fully saturated rings. The van der Waals surface area contributed by atoms with Gasteiger partial charge in [0, 0.05) is 6.07 Å². The maximum absolute atomic E-state index is 12.9. The van der Waals surface area contributed by atoms with Gasteiger partial charge in [0.2, 0.25) is 0 Å². The number of rotatable bonds is 4. The van der Waals surface area contributed by atoms with Gasteiger partial charge in [-0.3, -0.25) is 0 Å². The molecule has 82 valence electrons. The lowest BCUT2D eigenvalue weighted by Crippen LogP contribution is -2.19. The van der Waals surface area contributed by atoms with Gasteiger partial charge in [0.15, 0.2) is 0 Å². The van der Waals surface area contributed by atoms with Gasteiger partial charge in [-0.05, 0) is 37.3 Å². The minimum absolute atomic E-state index is 0.259. The normalized spacial score (nSPS) is 17.5. The molecule has 0 heterocycles. The van der Waals surface area contributed by atoms with Crippen LogP contribution in [-0.4, -0.2) is 17.8 Å². The summed E-state index contributed by atoms with van der Waals surface area (Å²) in [6.07, 6.45) is 1.74. The monoisotopic (exact) mass is 210 g/mol. The minimum Gasteiger partial charge on any atom is -0.491 e. The standard InChI is InChI=1S/C12H15FO2/c1-8-2-5-10(13)6-12(8)15-7-11(14)9-3-4-9/h2,5-6,9,11,14H,3-4,7H2,1H3. The van der Waals surface area contributed by atoms with Crippen molar-refractivity contribution >= 4 is 0 Å². The van der Waals surface area contributed by atoms with Crippen molar-refractivity contribution in [2.45, 2.75) is 25.9 Å². The summed E-state index contributed by atoms with van der Waals surface area (Å²) < 4.78 is 18.3. The largest absolute Gasteiger partial charge is 0.491 e. The van der Waals surface area contributed by atoms with Crippen LogP contribution in [0.2, 0.25) is 0 Å². The lowest BCUT2D eigenvalue weighted by molar-refractivity contribution is 0.0889. The Morgan fingerprint density at radius 2 is 2.27 bits per heavy atom. The molecule has 0 amide bonds. The zero-order valence-electron chi connectivity index (χ0n) is 8.74. The Hall–Kier alpha value is -1.09. The van der Waals surface area contributed by atoms with Gasteiger partial charge in [-0.1, -0.05) is 6.07 Å². The van der Waals surface area contributed by atoms with Gasteiger partial charge in [0.25, 0.3) is 0 Å². The first-order chi connectivity index (χ1) is 7.16. The Balaban J connectivity index is 1.94. The van der Waals surface area contributed by atoms with Crippen LogP contribution >= 0.6 is 0 Å². The summed E-state index contributed by atoms with van der Waals surface area (Å²) in [7, 11) is 0. The molecule has 0 spiro atoms. The molecular formula is C12H15FO2. The molecule has 2 nitrogen and oxygen atoms in total. The summed E-state index contributed by atoms with van der Waals surface area (Å²) in [4.78, 5) is 0. The Morgan fingerprint density at radius 3 is 2.93 bits per heavy atom. The molecule has 0 radical (unpaired) electrons. The van der Waals surface area contributed by atoms with E-state index in [1.165, 1.54) is 12.1 Å². The SMILES string of the molecule is Cc1ccc(F)cc1OCC(O)C1CC1. The van der Waals surface area contributed by atoms with E-state index < -0.39 is 6.10 Å². The van der Waals surface area contributed by atoms with Crippen molar-refractivity contribution in [2.24, 2.45) is 5.92 Å². The van der Waals surface area contributed by atoms with Crippen LogP contribution in [0, 0.1) is 18.7 Å². The van der Waals surface area contributed by atoms with Crippen molar-refractivity contribution < 1.29 is 14.2 Å². The number of ether oxygens (including phenoxy) is 1. The van der Waals surface area contributed by atoms with Gasteiger partial charge in [-0.15, -0.1) is 0 Å². The second kappa shape index (κ2) is 4.19. The highest BCUT2D eigenvalue weighted by Crippen LogP contribution is 2.33. The molecule has 1 aromatic rings. The van der Waals surface area contributed by atoms with Gasteiger partial charge in [0.1, 0.15) is 18.2 Å². The van der Waals surface area contributed by atoms with E-state index in [9.17, 15) is 9.50 Å². The predicted octanol–water partition coefficient (Wildman–Crippen LogP) is 2.28. The van der Waals surface area contributed by atoms with E-state index in [0.29, 0.717) is 11.7 Å². The summed E-state index contributed by atoms with van der Waals surface area (Å²) in [5, 5.41) is 9.59. The van der Waals surface area contributed by atoms with Gasteiger partial charge in [0.05, 0.1) is 6.10 Å². The number of aryl methyl sites for hydroxylation is 1. The molecule has 0 bridgehead atoms. The highest BCUT2D eigenvalue weighted by atomic mass is 19.1. The van der Waals surface area contributed by atoms with E-state index in [2.05, 4.69) is 0 Å². The molecule has 3 heteroatoms. The maximum atomic E-state index is 12.9. The molecule has 1 saturated carbocycles. The van der Waals surface area contributed by atoms with Crippen LogP contribution in [0.4, 0.5) is 4.39 Å². The van der Waals surface area contributed by atoms with E-state index >= 15 is 0 Å². The number of hydrogen-bond acceptors (Lipinski definition) is 2. The minimum atomic E-state index is -0.410. The van der Waals surface area contributed by atoms with Crippen molar-refractivity contribution in [2.75, 3.05) is 6.61 Å². The van der Waals surface area contributed by atoms with E-state index in [1.807, 2.05) is 6.92 Å². The number of hydrogen-bond donors (Lipinski definition) is 1. The first-order valence-electron chi connectivity index (χ1n) is 5.24. The van der Waals surface area contributed by atoms with E-state index in [0.717, 1.165) is 18.4 Å². The first-order valence-corrected chi connectivity index (χ1v) is 5.24. The molecular weight excluding hydrogens is 195 g/mol. The van der Waals surface area contributed by atoms with Crippen LogP contribution in [0.5, 0.6) is 5.75 Å². The molecule has 1 N–H and O–H groups in total. The van der Waals surface area contributed by atoms with Crippen molar-refractivity contribution in [1.29, 1.82) is 0 Å². The third-order valence-electron chi connectivity index (χ3n) is 2.73. The van der Waals surface area contributed by atoms with Crippen LogP contribution in [0.1, 0.15) is 18.4 Å². The smallest absolute Gasteiger partial charge is 0.126 e. The Morgan fingerprint density at radius 1 is 1.53 bits per heavy atom. The Kier molecular flexibility index (Phi) is 2.91. The average molecular weight is 210 g/mol. The van der Waals surface area contributed by atoms with Gasteiger partial charge in [-0.25, -0.2) is 4.39 Å². The lowest BCUT2D eigenvalue weighted by Gasteiger charge is -2.13. The van der Waals surface area contributed by atoms with Crippen LogP contribution in [0.3, 0.4) is 0 Å². The first kappa shape index (κ1) is 10.4. The number of aliphatic hydroxyl groups is 1. The molecule has 0 saturated heterocycles. The summed E-state index contributed by atoms with van der Waals surface area (Å²) in [6.45, 7) is 2.12. The average Bonchev–Trinajstić information content (AvgIpc) is 3.02. The van der Waals surface area contributed by atoms with E-state index in [4.69, 9.17) is 4.74 Å². The molecule has 0 aliphatic heterocycles.